The van der Waals surface area contributed by atoms with Crippen molar-refractivity contribution in [3.63, 3.8) is 0 Å². The van der Waals surface area contributed by atoms with Crippen molar-refractivity contribution < 1.29 is 13.2 Å². The number of likely N-dealkylation sites (N-methyl/N-ethyl adjacent to an activating group) is 1. The average molecular weight is 272 g/mol. The fourth-order valence-electron chi connectivity index (χ4n) is 2.13. The van der Waals surface area contributed by atoms with Crippen LogP contribution in [0.1, 0.15) is 24.0 Å². The van der Waals surface area contributed by atoms with Crippen molar-refractivity contribution >= 4 is 0 Å². The molecule has 2 nitrogen and oxygen atoms in total. The number of benzene rings is 1. The molecule has 1 N–H and O–H groups in total. The Labute approximate surface area is 111 Å². The molecule has 0 unspecified atom stereocenters. The zero-order valence-corrected chi connectivity index (χ0v) is 11.0. The second-order valence-corrected chi connectivity index (χ2v) is 5.04. The topological polar surface area (TPSA) is 15.3 Å². The lowest BCUT2D eigenvalue weighted by atomic mass is 10.1. The Hall–Kier alpha value is -1.07. The van der Waals surface area contributed by atoms with Gasteiger partial charge in [-0.3, -0.25) is 0 Å². The molecule has 1 aromatic carbocycles. The Kier molecular flexibility index (Phi) is 4.47. The van der Waals surface area contributed by atoms with E-state index in [9.17, 15) is 13.2 Å². The lowest BCUT2D eigenvalue weighted by Gasteiger charge is -2.17. The Morgan fingerprint density at radius 2 is 1.95 bits per heavy atom. The number of halogens is 3. The van der Waals surface area contributed by atoms with Crippen molar-refractivity contribution in [1.82, 2.24) is 10.2 Å². The molecule has 0 radical (unpaired) electrons. The molecule has 0 bridgehead atoms. The van der Waals surface area contributed by atoms with E-state index in [0.717, 1.165) is 12.6 Å². The van der Waals surface area contributed by atoms with Crippen molar-refractivity contribution in [2.45, 2.75) is 31.6 Å². The van der Waals surface area contributed by atoms with E-state index in [4.69, 9.17) is 0 Å². The average Bonchev–Trinajstić information content (AvgIpc) is 3.18. The largest absolute Gasteiger partial charge is 0.416 e. The maximum Gasteiger partial charge on any atom is 0.416 e. The highest BCUT2D eigenvalue weighted by Gasteiger charge is 2.32. The summed E-state index contributed by atoms with van der Waals surface area (Å²) in [6.45, 7) is 1.84. The molecular formula is C14H19F3N2. The van der Waals surface area contributed by atoms with E-state index in [0.29, 0.717) is 18.2 Å². The summed E-state index contributed by atoms with van der Waals surface area (Å²) >= 11 is 0. The zero-order chi connectivity index (χ0) is 13.9. The first-order chi connectivity index (χ1) is 8.98. The van der Waals surface area contributed by atoms with Gasteiger partial charge in [0, 0.05) is 25.7 Å². The van der Waals surface area contributed by atoms with Crippen molar-refractivity contribution in [2.24, 2.45) is 0 Å². The molecule has 0 atom stereocenters. The molecule has 0 aromatic heterocycles. The quantitative estimate of drug-likeness (QED) is 0.801. The van der Waals surface area contributed by atoms with Gasteiger partial charge in [0.1, 0.15) is 0 Å². The molecule has 0 saturated heterocycles. The summed E-state index contributed by atoms with van der Waals surface area (Å²) in [4.78, 5) is 2.25. The number of hydrogen-bond donors (Lipinski definition) is 1. The van der Waals surface area contributed by atoms with Crippen LogP contribution in [0, 0.1) is 0 Å². The number of hydrogen-bond acceptors (Lipinski definition) is 2. The lowest BCUT2D eigenvalue weighted by Crippen LogP contribution is -2.30. The number of nitrogens with one attached hydrogen (secondary N) is 1. The van der Waals surface area contributed by atoms with Crippen LogP contribution in [0.5, 0.6) is 0 Å². The van der Waals surface area contributed by atoms with Crippen molar-refractivity contribution in [3.8, 4) is 0 Å². The molecule has 2 rings (SSSR count). The van der Waals surface area contributed by atoms with Crippen LogP contribution in [0.3, 0.4) is 0 Å². The predicted molar refractivity (Wildman–Crippen MR) is 68.8 cm³/mol. The van der Waals surface area contributed by atoms with Gasteiger partial charge in [-0.2, -0.15) is 13.2 Å². The Balaban J connectivity index is 1.82. The van der Waals surface area contributed by atoms with Crippen LogP contribution >= 0.6 is 0 Å². The minimum absolute atomic E-state index is 0.258. The maximum absolute atomic E-state index is 12.8. The lowest BCUT2D eigenvalue weighted by molar-refractivity contribution is -0.138. The molecule has 0 spiro atoms. The Bertz CT molecular complexity index is 413. The molecule has 5 heteroatoms. The van der Waals surface area contributed by atoms with Crippen LogP contribution in [-0.2, 0) is 12.7 Å². The molecular weight excluding hydrogens is 253 g/mol. The number of nitrogens with zero attached hydrogens (tertiary/aromatic N) is 1. The van der Waals surface area contributed by atoms with Crippen LogP contribution in [0.15, 0.2) is 24.3 Å². The van der Waals surface area contributed by atoms with E-state index < -0.39 is 11.7 Å². The molecule has 0 aliphatic heterocycles. The van der Waals surface area contributed by atoms with Gasteiger partial charge in [0.05, 0.1) is 5.56 Å². The molecule has 106 valence electrons. The summed E-state index contributed by atoms with van der Waals surface area (Å²) in [5, 5.41) is 3.09. The second-order valence-electron chi connectivity index (χ2n) is 5.04. The van der Waals surface area contributed by atoms with Crippen molar-refractivity contribution in [3.05, 3.63) is 35.4 Å². The molecule has 19 heavy (non-hydrogen) atoms. The number of rotatable bonds is 6. The molecule has 0 heterocycles. The van der Waals surface area contributed by atoms with Gasteiger partial charge in [-0.15, -0.1) is 0 Å². The summed E-state index contributed by atoms with van der Waals surface area (Å²) in [5.74, 6) is 0. The first-order valence-electron chi connectivity index (χ1n) is 6.54. The van der Waals surface area contributed by atoms with Gasteiger partial charge in [-0.05, 0) is 31.5 Å². The van der Waals surface area contributed by atoms with Crippen LogP contribution in [-0.4, -0.2) is 31.1 Å². The van der Waals surface area contributed by atoms with Crippen LogP contribution < -0.4 is 5.32 Å². The van der Waals surface area contributed by atoms with Gasteiger partial charge in [-0.1, -0.05) is 18.2 Å². The minimum atomic E-state index is -4.27. The van der Waals surface area contributed by atoms with Gasteiger partial charge in [-0.25, -0.2) is 0 Å². The van der Waals surface area contributed by atoms with Gasteiger partial charge in [0.25, 0.3) is 0 Å². The third-order valence-electron chi connectivity index (χ3n) is 3.45. The highest BCUT2D eigenvalue weighted by molar-refractivity contribution is 5.29. The van der Waals surface area contributed by atoms with Crippen LogP contribution in [0.25, 0.3) is 0 Å². The SMILES string of the molecule is CN(CCNCc1ccccc1C(F)(F)F)C1CC1. The van der Waals surface area contributed by atoms with Crippen LogP contribution in [0.2, 0.25) is 0 Å². The fourth-order valence-corrected chi connectivity index (χ4v) is 2.13. The molecule has 1 aliphatic carbocycles. The first-order valence-corrected chi connectivity index (χ1v) is 6.54. The molecule has 1 saturated carbocycles. The summed E-state index contributed by atoms with van der Waals surface area (Å²) < 4.78 is 38.3. The van der Waals surface area contributed by atoms with Crippen LogP contribution in [0.4, 0.5) is 13.2 Å². The van der Waals surface area contributed by atoms with Gasteiger partial charge < -0.3 is 10.2 Å². The highest BCUT2D eigenvalue weighted by atomic mass is 19.4. The molecule has 1 fully saturated rings. The van der Waals surface area contributed by atoms with E-state index in [1.165, 1.54) is 25.0 Å². The Morgan fingerprint density at radius 1 is 1.26 bits per heavy atom. The monoisotopic (exact) mass is 272 g/mol. The molecule has 1 aromatic rings. The van der Waals surface area contributed by atoms with E-state index in [-0.39, 0.29) is 6.54 Å². The van der Waals surface area contributed by atoms with E-state index in [1.807, 2.05) is 0 Å². The van der Waals surface area contributed by atoms with Gasteiger partial charge in [0.15, 0.2) is 0 Å². The van der Waals surface area contributed by atoms with E-state index >= 15 is 0 Å². The summed E-state index contributed by atoms with van der Waals surface area (Å²) in [7, 11) is 2.06. The third-order valence-corrected chi connectivity index (χ3v) is 3.45. The minimum Gasteiger partial charge on any atom is -0.311 e. The summed E-state index contributed by atoms with van der Waals surface area (Å²) in [6, 6.07) is 6.41. The standard InChI is InChI=1S/C14H19F3N2/c1-19(12-6-7-12)9-8-18-10-11-4-2-3-5-13(11)14(15,16)17/h2-5,12,18H,6-10H2,1H3. The summed E-state index contributed by atoms with van der Waals surface area (Å²) in [6.07, 6.45) is -1.79. The Morgan fingerprint density at radius 3 is 2.58 bits per heavy atom. The smallest absolute Gasteiger partial charge is 0.311 e. The first kappa shape index (κ1) is 14.3. The van der Waals surface area contributed by atoms with Crippen molar-refractivity contribution in [1.29, 1.82) is 0 Å². The maximum atomic E-state index is 12.8. The van der Waals surface area contributed by atoms with Crippen molar-refractivity contribution in [2.75, 3.05) is 20.1 Å². The van der Waals surface area contributed by atoms with Gasteiger partial charge in [0.2, 0.25) is 0 Å². The summed E-state index contributed by atoms with van der Waals surface area (Å²) in [5.41, 5.74) is -0.234. The fraction of sp³-hybridized carbons (Fsp3) is 0.571. The predicted octanol–water partition coefficient (Wildman–Crippen LogP) is 2.89. The van der Waals surface area contributed by atoms with E-state index in [1.54, 1.807) is 6.07 Å². The highest BCUT2D eigenvalue weighted by Crippen LogP contribution is 2.31. The molecule has 1 aliphatic rings. The second kappa shape index (κ2) is 5.92. The molecule has 0 amide bonds. The third kappa shape index (κ3) is 4.21. The van der Waals surface area contributed by atoms with E-state index in [2.05, 4.69) is 17.3 Å². The normalized spacial score (nSPS) is 16.1. The van der Waals surface area contributed by atoms with Gasteiger partial charge >= 0.3 is 6.18 Å². The zero-order valence-electron chi connectivity index (χ0n) is 11.0. The number of alkyl halides is 3.